The number of nitrogens with one attached hydrogen (secondary N) is 1. The Balaban J connectivity index is 1.53. The Bertz CT molecular complexity index is 1130. The number of H-pyrrole nitrogens is 1. The Morgan fingerprint density at radius 1 is 0.964 bits per heavy atom. The van der Waals surface area contributed by atoms with Gasteiger partial charge in [0.25, 0.3) is 0 Å². The average molecular weight is 386 g/mol. The van der Waals surface area contributed by atoms with Crippen molar-refractivity contribution in [3.63, 3.8) is 0 Å². The zero-order chi connectivity index (χ0) is 19.2. The topological polar surface area (TPSA) is 55.2 Å². The maximum atomic E-state index is 5.88. The standard InChI is InChI=1S/C22H18N4OS/c28-22-25-24-21(19-11-5-2-6-12-19)26(22)23-15-18-10-7-13-20(14-18)27-16-17-8-3-1-4-9-17/h1-15H,16H2,(H,25,28)/b23-15-. The summed E-state index contributed by atoms with van der Waals surface area (Å²) in [4.78, 5) is 0. The van der Waals surface area contributed by atoms with Gasteiger partial charge in [-0.25, -0.2) is 5.10 Å². The summed E-state index contributed by atoms with van der Waals surface area (Å²) in [6.07, 6.45) is 1.74. The van der Waals surface area contributed by atoms with Crippen molar-refractivity contribution in [2.24, 2.45) is 5.10 Å². The van der Waals surface area contributed by atoms with Crippen LogP contribution in [0.2, 0.25) is 0 Å². The van der Waals surface area contributed by atoms with Crippen LogP contribution in [-0.2, 0) is 6.61 Å². The molecular weight excluding hydrogens is 368 g/mol. The van der Waals surface area contributed by atoms with E-state index >= 15 is 0 Å². The number of hydrogen-bond acceptors (Lipinski definition) is 4. The molecule has 1 aromatic heterocycles. The molecule has 0 atom stereocenters. The molecule has 4 rings (SSSR count). The van der Waals surface area contributed by atoms with E-state index in [1.165, 1.54) is 0 Å². The predicted molar refractivity (Wildman–Crippen MR) is 113 cm³/mol. The molecule has 0 bridgehead atoms. The lowest BCUT2D eigenvalue weighted by molar-refractivity contribution is 0.306. The monoisotopic (exact) mass is 386 g/mol. The summed E-state index contributed by atoms with van der Waals surface area (Å²) in [7, 11) is 0. The van der Waals surface area contributed by atoms with Gasteiger partial charge in [-0.2, -0.15) is 14.9 Å². The Morgan fingerprint density at radius 3 is 2.50 bits per heavy atom. The van der Waals surface area contributed by atoms with Crippen molar-refractivity contribution in [2.75, 3.05) is 0 Å². The third kappa shape index (κ3) is 4.24. The Morgan fingerprint density at radius 2 is 1.71 bits per heavy atom. The van der Waals surface area contributed by atoms with Gasteiger partial charge >= 0.3 is 0 Å². The van der Waals surface area contributed by atoms with Crippen molar-refractivity contribution >= 4 is 18.4 Å². The molecule has 1 N–H and O–H groups in total. The van der Waals surface area contributed by atoms with E-state index in [9.17, 15) is 0 Å². The zero-order valence-corrected chi connectivity index (χ0v) is 15.8. The number of ether oxygens (including phenoxy) is 1. The minimum atomic E-state index is 0.437. The molecule has 138 valence electrons. The molecular formula is C22H18N4OS. The molecule has 6 heteroatoms. The van der Waals surface area contributed by atoms with Gasteiger partial charge in [0.1, 0.15) is 12.4 Å². The van der Waals surface area contributed by atoms with Crippen LogP contribution in [-0.4, -0.2) is 21.1 Å². The second-order valence-electron chi connectivity index (χ2n) is 6.12. The van der Waals surface area contributed by atoms with Crippen LogP contribution in [0.15, 0.2) is 90.0 Å². The normalized spacial score (nSPS) is 11.0. The minimum Gasteiger partial charge on any atom is -0.489 e. The highest BCUT2D eigenvalue weighted by molar-refractivity contribution is 7.71. The molecule has 3 aromatic carbocycles. The highest BCUT2D eigenvalue weighted by Crippen LogP contribution is 2.17. The first-order valence-electron chi connectivity index (χ1n) is 8.83. The smallest absolute Gasteiger partial charge is 0.216 e. The quantitative estimate of drug-likeness (QED) is 0.372. The molecule has 5 nitrogen and oxygen atoms in total. The summed E-state index contributed by atoms with van der Waals surface area (Å²) in [6.45, 7) is 0.520. The molecule has 4 aromatic rings. The van der Waals surface area contributed by atoms with Crippen LogP contribution in [0.25, 0.3) is 11.4 Å². The average Bonchev–Trinajstić information content (AvgIpc) is 3.13. The molecule has 0 amide bonds. The lowest BCUT2D eigenvalue weighted by Crippen LogP contribution is -1.97. The largest absolute Gasteiger partial charge is 0.489 e. The van der Waals surface area contributed by atoms with Crippen LogP contribution in [0.1, 0.15) is 11.1 Å². The maximum Gasteiger partial charge on any atom is 0.216 e. The van der Waals surface area contributed by atoms with E-state index in [-0.39, 0.29) is 0 Å². The Kier molecular flexibility index (Phi) is 5.40. The second-order valence-corrected chi connectivity index (χ2v) is 6.51. The van der Waals surface area contributed by atoms with Gasteiger partial charge in [0.05, 0.1) is 6.21 Å². The van der Waals surface area contributed by atoms with E-state index in [1.807, 2.05) is 84.9 Å². The predicted octanol–water partition coefficient (Wildman–Crippen LogP) is 5.07. The SMILES string of the molecule is S=c1[nH]nc(-c2ccccc2)n1/N=C\c1cccc(OCc2ccccc2)c1. The molecule has 28 heavy (non-hydrogen) atoms. The van der Waals surface area contributed by atoms with Gasteiger partial charge in [0.2, 0.25) is 4.77 Å². The third-order valence-electron chi connectivity index (χ3n) is 4.11. The fraction of sp³-hybridized carbons (Fsp3) is 0.0455. The fourth-order valence-electron chi connectivity index (χ4n) is 2.72. The highest BCUT2D eigenvalue weighted by atomic mass is 32.1. The van der Waals surface area contributed by atoms with Crippen molar-refractivity contribution in [1.82, 2.24) is 14.9 Å². The Hall–Kier alpha value is -3.51. The van der Waals surface area contributed by atoms with Gasteiger partial charge < -0.3 is 4.74 Å². The van der Waals surface area contributed by atoms with E-state index in [4.69, 9.17) is 17.0 Å². The lowest BCUT2D eigenvalue weighted by Gasteiger charge is -2.07. The summed E-state index contributed by atoms with van der Waals surface area (Å²) in [6, 6.07) is 27.6. The first kappa shape index (κ1) is 17.9. The van der Waals surface area contributed by atoms with Crippen molar-refractivity contribution < 1.29 is 4.74 Å². The van der Waals surface area contributed by atoms with Gasteiger partial charge in [-0.1, -0.05) is 72.8 Å². The summed E-state index contributed by atoms with van der Waals surface area (Å²) >= 11 is 5.32. The molecule has 0 saturated carbocycles. The molecule has 0 unspecified atom stereocenters. The van der Waals surface area contributed by atoms with Gasteiger partial charge in [-0.3, -0.25) is 0 Å². The highest BCUT2D eigenvalue weighted by Gasteiger charge is 2.07. The number of benzene rings is 3. The molecule has 0 spiro atoms. The van der Waals surface area contributed by atoms with Crippen LogP contribution in [0.4, 0.5) is 0 Å². The number of nitrogens with zero attached hydrogens (tertiary/aromatic N) is 3. The van der Waals surface area contributed by atoms with Crippen LogP contribution >= 0.6 is 12.2 Å². The van der Waals surface area contributed by atoms with Gasteiger partial charge in [-0.05, 0) is 35.5 Å². The molecule has 0 radical (unpaired) electrons. The van der Waals surface area contributed by atoms with E-state index in [1.54, 1.807) is 10.9 Å². The number of aromatic amines is 1. The maximum absolute atomic E-state index is 5.88. The first-order chi connectivity index (χ1) is 13.8. The fourth-order valence-corrected chi connectivity index (χ4v) is 2.90. The molecule has 1 heterocycles. The summed E-state index contributed by atoms with van der Waals surface area (Å²) in [5.41, 5.74) is 2.97. The molecule has 0 fully saturated rings. The Labute approximate surface area is 167 Å². The second kappa shape index (κ2) is 8.45. The minimum absolute atomic E-state index is 0.437. The van der Waals surface area contributed by atoms with Crippen molar-refractivity contribution in [2.45, 2.75) is 6.61 Å². The van der Waals surface area contributed by atoms with Crippen molar-refractivity contribution in [3.8, 4) is 17.1 Å². The molecule has 0 aliphatic rings. The summed E-state index contributed by atoms with van der Waals surface area (Å²) in [5.74, 6) is 1.45. The van der Waals surface area contributed by atoms with Gasteiger partial charge in [0, 0.05) is 5.56 Å². The first-order valence-corrected chi connectivity index (χ1v) is 9.24. The third-order valence-corrected chi connectivity index (χ3v) is 4.38. The van der Waals surface area contributed by atoms with Crippen LogP contribution in [0.5, 0.6) is 5.75 Å². The van der Waals surface area contributed by atoms with Crippen molar-refractivity contribution in [1.29, 1.82) is 0 Å². The van der Waals surface area contributed by atoms with Crippen LogP contribution < -0.4 is 4.74 Å². The molecule has 0 aliphatic heterocycles. The molecule has 0 saturated heterocycles. The van der Waals surface area contributed by atoms with E-state index in [0.29, 0.717) is 17.2 Å². The zero-order valence-electron chi connectivity index (χ0n) is 15.0. The van der Waals surface area contributed by atoms with Gasteiger partial charge in [0.15, 0.2) is 5.82 Å². The van der Waals surface area contributed by atoms with E-state index in [0.717, 1.165) is 22.4 Å². The van der Waals surface area contributed by atoms with Crippen molar-refractivity contribution in [3.05, 3.63) is 101 Å². The number of hydrogen-bond donors (Lipinski definition) is 1. The van der Waals surface area contributed by atoms with Crippen LogP contribution in [0.3, 0.4) is 0 Å². The van der Waals surface area contributed by atoms with E-state index < -0.39 is 0 Å². The summed E-state index contributed by atoms with van der Waals surface area (Å²) < 4.78 is 7.93. The molecule has 0 aliphatic carbocycles. The van der Waals surface area contributed by atoms with Crippen LogP contribution in [0, 0.1) is 4.77 Å². The summed E-state index contributed by atoms with van der Waals surface area (Å²) in [5, 5.41) is 11.6. The lowest BCUT2D eigenvalue weighted by atomic mass is 10.2. The van der Waals surface area contributed by atoms with Gasteiger partial charge in [-0.15, -0.1) is 0 Å². The number of rotatable bonds is 6. The number of aromatic nitrogens is 3. The van der Waals surface area contributed by atoms with E-state index in [2.05, 4.69) is 15.3 Å².